The molecule has 1 aromatic carbocycles. The molecule has 32 heavy (non-hydrogen) atoms. The van der Waals surface area contributed by atoms with Crippen molar-refractivity contribution in [2.24, 2.45) is 17.8 Å². The Hall–Kier alpha value is -2.44. The number of phenols is 1. The Morgan fingerprint density at radius 2 is 2.00 bits per heavy atom. The average molecular weight is 442 g/mol. The SMILES string of the molecule is CCCN1C(=O)[C@@H]2[C@@H](CC(CC)=C([C@H](O)CC/C(C)=C/c3cccc(O)c3)[C@@H]2CO)C1=O. The van der Waals surface area contributed by atoms with E-state index in [4.69, 9.17) is 0 Å². The van der Waals surface area contributed by atoms with Crippen LogP contribution in [-0.4, -0.2) is 51.3 Å². The van der Waals surface area contributed by atoms with Gasteiger partial charge < -0.3 is 15.3 Å². The van der Waals surface area contributed by atoms with Crippen molar-refractivity contribution in [3.8, 4) is 5.75 Å². The number of aliphatic hydroxyl groups is 2. The molecule has 0 bridgehead atoms. The fraction of sp³-hybridized carbons (Fsp3) is 0.538. The second kappa shape index (κ2) is 10.5. The largest absolute Gasteiger partial charge is 0.508 e. The number of likely N-dealkylation sites (tertiary alicyclic amines) is 1. The molecule has 0 aromatic heterocycles. The summed E-state index contributed by atoms with van der Waals surface area (Å²) >= 11 is 0. The summed E-state index contributed by atoms with van der Waals surface area (Å²) in [6, 6.07) is 7.00. The van der Waals surface area contributed by atoms with Crippen molar-refractivity contribution < 1.29 is 24.9 Å². The topological polar surface area (TPSA) is 98.1 Å². The molecule has 0 unspecified atom stereocenters. The Kier molecular flexibility index (Phi) is 7.91. The summed E-state index contributed by atoms with van der Waals surface area (Å²) in [6.45, 7) is 6.06. The zero-order valence-corrected chi connectivity index (χ0v) is 19.3. The highest BCUT2D eigenvalue weighted by Gasteiger charge is 2.54. The van der Waals surface area contributed by atoms with Gasteiger partial charge in [0.2, 0.25) is 11.8 Å². The van der Waals surface area contributed by atoms with Gasteiger partial charge in [-0.3, -0.25) is 14.5 Å². The third kappa shape index (κ3) is 4.81. The fourth-order valence-corrected chi connectivity index (χ4v) is 5.30. The summed E-state index contributed by atoms with van der Waals surface area (Å²) in [4.78, 5) is 27.2. The first-order valence-electron chi connectivity index (χ1n) is 11.6. The molecule has 3 N–H and O–H groups in total. The van der Waals surface area contributed by atoms with E-state index < -0.39 is 23.9 Å². The molecule has 174 valence electrons. The van der Waals surface area contributed by atoms with Crippen molar-refractivity contribution in [2.75, 3.05) is 13.2 Å². The number of phenolic OH excluding ortho intramolecular Hbond substituents is 1. The van der Waals surface area contributed by atoms with Gasteiger partial charge in [0, 0.05) is 12.5 Å². The Morgan fingerprint density at radius 3 is 2.62 bits per heavy atom. The van der Waals surface area contributed by atoms with E-state index in [9.17, 15) is 24.9 Å². The quantitative estimate of drug-likeness (QED) is 0.401. The Bertz CT molecular complexity index is 919. The predicted octanol–water partition coefficient (Wildman–Crippen LogP) is 3.67. The van der Waals surface area contributed by atoms with Crippen molar-refractivity contribution in [3.63, 3.8) is 0 Å². The number of rotatable bonds is 9. The van der Waals surface area contributed by atoms with Gasteiger partial charge >= 0.3 is 0 Å². The van der Waals surface area contributed by atoms with Crippen LogP contribution in [0, 0.1) is 17.8 Å². The lowest BCUT2D eigenvalue weighted by atomic mass is 9.67. The Labute approximate surface area is 190 Å². The molecule has 0 radical (unpaired) electrons. The summed E-state index contributed by atoms with van der Waals surface area (Å²) < 4.78 is 0. The van der Waals surface area contributed by atoms with E-state index in [0.29, 0.717) is 38.6 Å². The van der Waals surface area contributed by atoms with Crippen LogP contribution in [0.25, 0.3) is 6.08 Å². The van der Waals surface area contributed by atoms with E-state index in [1.165, 1.54) is 4.90 Å². The molecule has 6 heteroatoms. The van der Waals surface area contributed by atoms with Crippen LogP contribution in [0.1, 0.15) is 58.4 Å². The van der Waals surface area contributed by atoms with E-state index in [0.717, 1.165) is 22.3 Å². The van der Waals surface area contributed by atoms with Gasteiger partial charge in [0.15, 0.2) is 0 Å². The molecule has 0 saturated carbocycles. The van der Waals surface area contributed by atoms with Gasteiger partial charge in [-0.05, 0) is 62.3 Å². The molecule has 6 nitrogen and oxygen atoms in total. The number of amides is 2. The standard InChI is InChI=1S/C26H35NO5/c1-4-11-27-25(31)20-14-18(5-2)23(21(15-28)24(20)26(27)32)22(30)10-9-16(3)12-17-7-6-8-19(29)13-17/h6-8,12-13,20-22,24,28-30H,4-5,9-11,14-15H2,1-3H3/b16-12+/t20-,21+,22-,24-/m1/s1. The van der Waals surface area contributed by atoms with Crippen LogP contribution in [-0.2, 0) is 9.59 Å². The van der Waals surface area contributed by atoms with Crippen molar-refractivity contribution in [3.05, 3.63) is 46.5 Å². The molecule has 1 aliphatic carbocycles. The van der Waals surface area contributed by atoms with Crippen LogP contribution >= 0.6 is 0 Å². The molecule has 1 fully saturated rings. The lowest BCUT2D eigenvalue weighted by molar-refractivity contribution is -0.140. The van der Waals surface area contributed by atoms with E-state index >= 15 is 0 Å². The summed E-state index contributed by atoms with van der Waals surface area (Å²) in [7, 11) is 0. The maximum Gasteiger partial charge on any atom is 0.233 e. The number of allylic oxidation sites excluding steroid dienone is 2. The lowest BCUT2D eigenvalue weighted by Crippen LogP contribution is -2.39. The van der Waals surface area contributed by atoms with Crippen LogP contribution in [0.5, 0.6) is 5.75 Å². The highest BCUT2D eigenvalue weighted by Crippen LogP contribution is 2.47. The third-order valence-electron chi connectivity index (χ3n) is 6.80. The number of aromatic hydroxyl groups is 1. The zero-order chi connectivity index (χ0) is 23.4. The van der Waals surface area contributed by atoms with E-state index in [2.05, 4.69) is 0 Å². The lowest BCUT2D eigenvalue weighted by Gasteiger charge is -2.36. The first-order chi connectivity index (χ1) is 15.3. The number of nitrogens with zero attached hydrogens (tertiary/aromatic N) is 1. The summed E-state index contributed by atoms with van der Waals surface area (Å²) in [5.74, 6) is -1.66. The van der Waals surface area contributed by atoms with Crippen LogP contribution in [0.15, 0.2) is 41.0 Å². The number of carbonyl (C=O) groups excluding carboxylic acids is 2. The molecule has 0 spiro atoms. The van der Waals surface area contributed by atoms with E-state index in [1.807, 2.05) is 32.9 Å². The van der Waals surface area contributed by atoms with Gasteiger partial charge in [0.05, 0.1) is 24.5 Å². The number of carbonyl (C=O) groups is 2. The maximum atomic E-state index is 13.0. The van der Waals surface area contributed by atoms with Gasteiger partial charge in [-0.1, -0.05) is 43.2 Å². The summed E-state index contributed by atoms with van der Waals surface area (Å²) in [5.41, 5.74) is 3.70. The second-order valence-corrected chi connectivity index (χ2v) is 9.01. The average Bonchev–Trinajstić information content (AvgIpc) is 3.01. The summed E-state index contributed by atoms with van der Waals surface area (Å²) in [5, 5.41) is 31.0. The van der Waals surface area contributed by atoms with Crippen LogP contribution in [0.4, 0.5) is 0 Å². The van der Waals surface area contributed by atoms with E-state index in [1.54, 1.807) is 18.2 Å². The zero-order valence-electron chi connectivity index (χ0n) is 19.3. The highest BCUT2D eigenvalue weighted by molar-refractivity contribution is 6.05. The molecule has 2 amide bonds. The number of benzene rings is 1. The van der Waals surface area contributed by atoms with Gasteiger partial charge in [-0.15, -0.1) is 0 Å². The Balaban J connectivity index is 1.79. The molecule has 4 atom stereocenters. The number of hydrogen-bond donors (Lipinski definition) is 3. The first-order valence-corrected chi connectivity index (χ1v) is 11.6. The van der Waals surface area contributed by atoms with Crippen molar-refractivity contribution in [1.29, 1.82) is 0 Å². The van der Waals surface area contributed by atoms with Crippen LogP contribution in [0.3, 0.4) is 0 Å². The van der Waals surface area contributed by atoms with Gasteiger partial charge in [-0.2, -0.15) is 0 Å². The number of fused-ring (bicyclic) bond motifs is 1. The normalized spacial score (nSPS) is 24.8. The maximum absolute atomic E-state index is 13.0. The number of imide groups is 1. The van der Waals surface area contributed by atoms with Crippen LogP contribution in [0.2, 0.25) is 0 Å². The van der Waals surface area contributed by atoms with Gasteiger partial charge in [-0.25, -0.2) is 0 Å². The molecule has 3 rings (SSSR count). The number of aliphatic hydroxyl groups excluding tert-OH is 2. The van der Waals surface area contributed by atoms with Crippen molar-refractivity contribution >= 4 is 17.9 Å². The minimum Gasteiger partial charge on any atom is -0.508 e. The monoisotopic (exact) mass is 441 g/mol. The predicted molar refractivity (Wildman–Crippen MR) is 123 cm³/mol. The van der Waals surface area contributed by atoms with Crippen LogP contribution < -0.4 is 0 Å². The first kappa shape index (κ1) is 24.2. The molecule has 2 aliphatic rings. The number of hydrogen-bond acceptors (Lipinski definition) is 5. The molecule has 1 aliphatic heterocycles. The van der Waals surface area contributed by atoms with E-state index in [-0.39, 0.29) is 24.2 Å². The minimum absolute atomic E-state index is 0.135. The molecule has 1 aromatic rings. The smallest absolute Gasteiger partial charge is 0.233 e. The highest BCUT2D eigenvalue weighted by atomic mass is 16.3. The van der Waals surface area contributed by atoms with Gasteiger partial charge in [0.1, 0.15) is 5.75 Å². The minimum atomic E-state index is -0.779. The van der Waals surface area contributed by atoms with Crippen molar-refractivity contribution in [1.82, 2.24) is 4.90 Å². The van der Waals surface area contributed by atoms with Crippen molar-refractivity contribution in [2.45, 2.75) is 59.0 Å². The molecular formula is C26H35NO5. The molecular weight excluding hydrogens is 406 g/mol. The molecule has 1 heterocycles. The summed E-state index contributed by atoms with van der Waals surface area (Å²) in [6.07, 6.45) is 4.16. The molecule has 1 saturated heterocycles. The second-order valence-electron chi connectivity index (χ2n) is 9.01. The Morgan fingerprint density at radius 1 is 1.25 bits per heavy atom. The fourth-order valence-electron chi connectivity index (χ4n) is 5.30. The van der Waals surface area contributed by atoms with Gasteiger partial charge in [0.25, 0.3) is 0 Å². The third-order valence-corrected chi connectivity index (χ3v) is 6.80.